The van der Waals surface area contributed by atoms with Gasteiger partial charge in [-0.25, -0.2) is 0 Å². The molecule has 0 saturated carbocycles. The molecule has 0 aliphatic heterocycles. The number of benzene rings is 1. The molecule has 0 saturated heterocycles. The predicted octanol–water partition coefficient (Wildman–Crippen LogP) is 4.16. The van der Waals surface area contributed by atoms with E-state index in [0.29, 0.717) is 0 Å². The van der Waals surface area contributed by atoms with Crippen molar-refractivity contribution < 1.29 is 0 Å². The Morgan fingerprint density at radius 1 is 0.929 bits per heavy atom. The van der Waals surface area contributed by atoms with Crippen molar-refractivity contribution in [3.05, 3.63) is 29.8 Å². The Morgan fingerprint density at radius 2 is 1.36 bits per heavy atom. The van der Waals surface area contributed by atoms with Crippen LogP contribution in [0, 0.1) is 6.92 Å². The molecule has 1 rings (SSSR count). The molecule has 0 amide bonds. The molecule has 1 nitrogen and oxygen atoms in total. The summed E-state index contributed by atoms with van der Waals surface area (Å²) < 4.78 is 0. The Kier molecular flexibility index (Phi) is 8.01. The van der Waals surface area contributed by atoms with Gasteiger partial charge >= 0.3 is 0 Å². The second-order valence-corrected chi connectivity index (χ2v) is 3.62. The van der Waals surface area contributed by atoms with Crippen molar-refractivity contribution in [2.75, 3.05) is 5.73 Å². The molecule has 0 radical (unpaired) electrons. The van der Waals surface area contributed by atoms with Crippen LogP contribution in [0.15, 0.2) is 24.3 Å². The lowest BCUT2D eigenvalue weighted by molar-refractivity contribution is 0.702. The van der Waals surface area contributed by atoms with Gasteiger partial charge in [-0.1, -0.05) is 57.2 Å². The summed E-state index contributed by atoms with van der Waals surface area (Å²) in [5, 5.41) is 0. The maximum Gasteiger partial charge on any atom is 0.0314 e. The van der Waals surface area contributed by atoms with Crippen LogP contribution in [0.5, 0.6) is 0 Å². The molecule has 0 unspecified atom stereocenters. The van der Waals surface area contributed by atoms with Gasteiger partial charge in [0.2, 0.25) is 0 Å². The molecule has 0 aromatic heterocycles. The zero-order valence-corrected chi connectivity index (χ0v) is 9.72. The van der Waals surface area contributed by atoms with E-state index in [1.165, 1.54) is 31.2 Å². The number of rotatable bonds is 3. The lowest BCUT2D eigenvalue weighted by Gasteiger charge is -1.90. The summed E-state index contributed by atoms with van der Waals surface area (Å²) in [5.74, 6) is 0. The molecule has 0 aliphatic carbocycles. The SMILES string of the molecule is CCCCCC.Cc1ccc(N)cc1. The Hall–Kier alpha value is -0.980. The minimum absolute atomic E-state index is 0.829. The first-order valence-corrected chi connectivity index (χ1v) is 5.52. The number of hydrogen-bond donors (Lipinski definition) is 1. The van der Waals surface area contributed by atoms with Crippen LogP contribution in [0.1, 0.15) is 45.1 Å². The Bertz CT molecular complexity index is 188. The van der Waals surface area contributed by atoms with Gasteiger partial charge in [-0.2, -0.15) is 0 Å². The summed E-state index contributed by atoms with van der Waals surface area (Å²) in [6, 6.07) is 7.79. The number of nitrogen functional groups attached to an aromatic ring is 1. The molecule has 0 spiro atoms. The van der Waals surface area contributed by atoms with Crippen LogP contribution in [0.2, 0.25) is 0 Å². The fourth-order valence-corrected chi connectivity index (χ4v) is 1.07. The smallest absolute Gasteiger partial charge is 0.0314 e. The molecular formula is C13H23N. The predicted molar refractivity (Wildman–Crippen MR) is 65.4 cm³/mol. The fourth-order valence-electron chi connectivity index (χ4n) is 1.07. The monoisotopic (exact) mass is 193 g/mol. The summed E-state index contributed by atoms with van der Waals surface area (Å²) in [6.07, 6.45) is 5.54. The van der Waals surface area contributed by atoms with Crippen molar-refractivity contribution in [3.63, 3.8) is 0 Å². The molecule has 0 bridgehead atoms. The molecule has 1 aromatic carbocycles. The van der Waals surface area contributed by atoms with Crippen molar-refractivity contribution in [2.24, 2.45) is 0 Å². The van der Waals surface area contributed by atoms with Gasteiger partial charge < -0.3 is 5.73 Å². The highest BCUT2D eigenvalue weighted by Gasteiger charge is 1.80. The van der Waals surface area contributed by atoms with Crippen LogP contribution in [-0.4, -0.2) is 0 Å². The van der Waals surface area contributed by atoms with Crippen molar-refractivity contribution in [1.29, 1.82) is 0 Å². The minimum atomic E-state index is 0.829. The van der Waals surface area contributed by atoms with E-state index in [4.69, 9.17) is 5.73 Å². The molecule has 0 atom stereocenters. The van der Waals surface area contributed by atoms with Crippen LogP contribution in [0.3, 0.4) is 0 Å². The number of unbranched alkanes of at least 4 members (excludes halogenated alkanes) is 3. The number of nitrogens with two attached hydrogens (primary N) is 1. The van der Waals surface area contributed by atoms with Crippen LogP contribution >= 0.6 is 0 Å². The van der Waals surface area contributed by atoms with Crippen molar-refractivity contribution >= 4 is 5.69 Å². The minimum Gasteiger partial charge on any atom is -0.399 e. The molecule has 14 heavy (non-hydrogen) atoms. The van der Waals surface area contributed by atoms with Gasteiger partial charge in [0.1, 0.15) is 0 Å². The molecule has 1 heteroatoms. The highest BCUT2D eigenvalue weighted by Crippen LogP contribution is 2.02. The van der Waals surface area contributed by atoms with Crippen LogP contribution in [0.4, 0.5) is 5.69 Å². The van der Waals surface area contributed by atoms with Gasteiger partial charge in [0.25, 0.3) is 0 Å². The van der Waals surface area contributed by atoms with Crippen LogP contribution in [-0.2, 0) is 0 Å². The highest BCUT2D eigenvalue weighted by atomic mass is 14.5. The Morgan fingerprint density at radius 3 is 1.64 bits per heavy atom. The summed E-state index contributed by atoms with van der Waals surface area (Å²) in [6.45, 7) is 6.50. The van der Waals surface area contributed by atoms with Gasteiger partial charge in [-0.3, -0.25) is 0 Å². The molecule has 0 aliphatic rings. The number of aryl methyl sites for hydroxylation is 1. The van der Waals surface area contributed by atoms with E-state index in [1.807, 2.05) is 31.2 Å². The maximum atomic E-state index is 5.43. The zero-order valence-electron chi connectivity index (χ0n) is 9.72. The molecule has 0 heterocycles. The van der Waals surface area contributed by atoms with Gasteiger partial charge in [-0.05, 0) is 19.1 Å². The number of anilines is 1. The number of hydrogen-bond acceptors (Lipinski definition) is 1. The summed E-state index contributed by atoms with van der Waals surface area (Å²) in [7, 11) is 0. The van der Waals surface area contributed by atoms with Crippen molar-refractivity contribution in [2.45, 2.75) is 46.5 Å². The second-order valence-electron chi connectivity index (χ2n) is 3.62. The van der Waals surface area contributed by atoms with E-state index in [-0.39, 0.29) is 0 Å². The standard InChI is InChI=1S/C7H9N.C6H14/c1-6-2-4-7(8)5-3-6;1-3-5-6-4-2/h2-5H,8H2,1H3;3-6H2,1-2H3. The molecular weight excluding hydrogens is 170 g/mol. The second kappa shape index (κ2) is 8.61. The molecule has 0 fully saturated rings. The first-order chi connectivity index (χ1) is 6.70. The van der Waals surface area contributed by atoms with E-state index < -0.39 is 0 Å². The van der Waals surface area contributed by atoms with Crippen LogP contribution in [0.25, 0.3) is 0 Å². The average Bonchev–Trinajstić information content (AvgIpc) is 2.20. The third-order valence-electron chi connectivity index (χ3n) is 2.03. The molecule has 2 N–H and O–H groups in total. The topological polar surface area (TPSA) is 26.0 Å². The highest BCUT2D eigenvalue weighted by molar-refractivity contribution is 5.38. The van der Waals surface area contributed by atoms with E-state index in [0.717, 1.165) is 5.69 Å². The molecule has 80 valence electrons. The van der Waals surface area contributed by atoms with Gasteiger partial charge in [0.15, 0.2) is 0 Å². The lowest BCUT2D eigenvalue weighted by Crippen LogP contribution is -1.81. The maximum absolute atomic E-state index is 5.43. The third-order valence-corrected chi connectivity index (χ3v) is 2.03. The van der Waals surface area contributed by atoms with Gasteiger partial charge in [0.05, 0.1) is 0 Å². The van der Waals surface area contributed by atoms with E-state index >= 15 is 0 Å². The third kappa shape index (κ3) is 7.66. The first kappa shape index (κ1) is 13.0. The normalized spacial score (nSPS) is 9.07. The molecule has 1 aromatic rings. The fraction of sp³-hybridized carbons (Fsp3) is 0.538. The van der Waals surface area contributed by atoms with Crippen molar-refractivity contribution in [3.8, 4) is 0 Å². The van der Waals surface area contributed by atoms with E-state index in [2.05, 4.69) is 13.8 Å². The van der Waals surface area contributed by atoms with Gasteiger partial charge in [0, 0.05) is 5.69 Å². The van der Waals surface area contributed by atoms with Gasteiger partial charge in [-0.15, -0.1) is 0 Å². The average molecular weight is 193 g/mol. The van der Waals surface area contributed by atoms with Crippen LogP contribution < -0.4 is 5.73 Å². The van der Waals surface area contributed by atoms with Crippen molar-refractivity contribution in [1.82, 2.24) is 0 Å². The Balaban J connectivity index is 0.000000255. The quantitative estimate of drug-likeness (QED) is 0.566. The van der Waals surface area contributed by atoms with E-state index in [1.54, 1.807) is 0 Å². The summed E-state index contributed by atoms with van der Waals surface area (Å²) in [4.78, 5) is 0. The lowest BCUT2D eigenvalue weighted by atomic mass is 10.2. The summed E-state index contributed by atoms with van der Waals surface area (Å²) in [5.41, 5.74) is 7.51. The Labute approximate surface area is 88.3 Å². The first-order valence-electron chi connectivity index (χ1n) is 5.52. The zero-order chi connectivity index (χ0) is 10.8. The van der Waals surface area contributed by atoms with E-state index in [9.17, 15) is 0 Å². The summed E-state index contributed by atoms with van der Waals surface area (Å²) >= 11 is 0. The largest absolute Gasteiger partial charge is 0.399 e.